The van der Waals surface area contributed by atoms with Crippen molar-refractivity contribution in [3.05, 3.63) is 47.5 Å². The summed E-state index contributed by atoms with van der Waals surface area (Å²) < 4.78 is 16.3. The Hall–Kier alpha value is -2.49. The smallest absolute Gasteiger partial charge is 0.211 e. The number of carbonyl (C=O) groups is 1. The van der Waals surface area contributed by atoms with Gasteiger partial charge in [-0.05, 0) is 31.2 Å². The van der Waals surface area contributed by atoms with Crippen molar-refractivity contribution in [2.45, 2.75) is 6.92 Å². The Morgan fingerprint density at radius 2 is 1.60 bits per heavy atom. The lowest BCUT2D eigenvalue weighted by Gasteiger charge is -2.15. The molecule has 2 rings (SSSR count). The van der Waals surface area contributed by atoms with Gasteiger partial charge in [-0.15, -0.1) is 0 Å². The highest BCUT2D eigenvalue weighted by Crippen LogP contribution is 2.40. The van der Waals surface area contributed by atoms with E-state index < -0.39 is 0 Å². The third-order valence-electron chi connectivity index (χ3n) is 2.89. The first-order valence-electron chi connectivity index (χ1n) is 6.14. The van der Waals surface area contributed by atoms with Gasteiger partial charge in [-0.1, -0.05) is 17.7 Å². The molecule has 0 heterocycles. The fourth-order valence-corrected chi connectivity index (χ4v) is 1.88. The number of ether oxygens (including phenoxy) is 3. The second-order valence-electron chi connectivity index (χ2n) is 4.25. The van der Waals surface area contributed by atoms with E-state index >= 15 is 0 Å². The number of benzene rings is 2. The molecule has 0 aliphatic heterocycles. The van der Waals surface area contributed by atoms with E-state index in [1.54, 1.807) is 44.6 Å². The second-order valence-corrected chi connectivity index (χ2v) is 4.25. The van der Waals surface area contributed by atoms with Gasteiger partial charge in [-0.2, -0.15) is 0 Å². The van der Waals surface area contributed by atoms with E-state index in [4.69, 9.17) is 14.2 Å². The predicted octanol–water partition coefficient (Wildman–Crippen LogP) is 3.62. The standard InChI is InChI=1S/C16H16O4/c1-11-7-8-13(12(9-11)10-17)20-16-14(18-2)5-4-6-15(16)19-3/h4-10H,1-3H3. The van der Waals surface area contributed by atoms with Crippen LogP contribution in [0.15, 0.2) is 36.4 Å². The number of methoxy groups -OCH3 is 2. The summed E-state index contributed by atoms with van der Waals surface area (Å²) in [6.45, 7) is 1.92. The highest BCUT2D eigenvalue weighted by atomic mass is 16.5. The number of aldehydes is 1. The van der Waals surface area contributed by atoms with Crippen molar-refractivity contribution in [1.29, 1.82) is 0 Å². The van der Waals surface area contributed by atoms with Gasteiger partial charge in [0.15, 0.2) is 17.8 Å². The quantitative estimate of drug-likeness (QED) is 0.780. The van der Waals surface area contributed by atoms with Crippen molar-refractivity contribution < 1.29 is 19.0 Å². The van der Waals surface area contributed by atoms with Gasteiger partial charge in [-0.3, -0.25) is 4.79 Å². The maximum absolute atomic E-state index is 11.1. The van der Waals surface area contributed by atoms with E-state index in [2.05, 4.69) is 0 Å². The average molecular weight is 272 g/mol. The van der Waals surface area contributed by atoms with Crippen LogP contribution in [0, 0.1) is 6.92 Å². The molecular formula is C16H16O4. The maximum Gasteiger partial charge on any atom is 0.211 e. The lowest BCUT2D eigenvalue weighted by molar-refractivity contribution is 0.112. The van der Waals surface area contributed by atoms with Crippen LogP contribution in [0.1, 0.15) is 15.9 Å². The van der Waals surface area contributed by atoms with Crippen molar-refractivity contribution in [2.24, 2.45) is 0 Å². The number of hydrogen-bond donors (Lipinski definition) is 0. The van der Waals surface area contributed by atoms with E-state index in [1.807, 2.05) is 13.0 Å². The van der Waals surface area contributed by atoms with Crippen LogP contribution >= 0.6 is 0 Å². The van der Waals surface area contributed by atoms with Crippen molar-refractivity contribution in [1.82, 2.24) is 0 Å². The molecule has 0 fully saturated rings. The summed E-state index contributed by atoms with van der Waals surface area (Å²) >= 11 is 0. The number of hydrogen-bond acceptors (Lipinski definition) is 4. The normalized spacial score (nSPS) is 9.95. The average Bonchev–Trinajstić information content (AvgIpc) is 2.49. The molecule has 0 radical (unpaired) electrons. The van der Waals surface area contributed by atoms with Gasteiger partial charge in [0, 0.05) is 0 Å². The van der Waals surface area contributed by atoms with Gasteiger partial charge in [0.05, 0.1) is 19.8 Å². The molecule has 0 aliphatic rings. The molecule has 4 heteroatoms. The molecule has 0 aromatic heterocycles. The minimum atomic E-state index is 0.449. The van der Waals surface area contributed by atoms with Crippen LogP contribution in [0.2, 0.25) is 0 Å². The maximum atomic E-state index is 11.1. The molecule has 0 atom stereocenters. The molecule has 2 aromatic carbocycles. The third-order valence-corrected chi connectivity index (χ3v) is 2.89. The highest BCUT2D eigenvalue weighted by Gasteiger charge is 2.14. The van der Waals surface area contributed by atoms with Crippen molar-refractivity contribution in [3.8, 4) is 23.0 Å². The van der Waals surface area contributed by atoms with Crippen LogP contribution in [0.3, 0.4) is 0 Å². The summed E-state index contributed by atoms with van der Waals surface area (Å²) in [6.07, 6.45) is 0.768. The topological polar surface area (TPSA) is 44.8 Å². The molecule has 4 nitrogen and oxygen atoms in total. The van der Waals surface area contributed by atoms with Gasteiger partial charge in [0.25, 0.3) is 0 Å². The highest BCUT2D eigenvalue weighted by molar-refractivity contribution is 5.80. The molecule has 2 aromatic rings. The zero-order chi connectivity index (χ0) is 14.5. The van der Waals surface area contributed by atoms with Crippen LogP contribution in [0.25, 0.3) is 0 Å². The number of para-hydroxylation sites is 1. The van der Waals surface area contributed by atoms with Crippen LogP contribution < -0.4 is 14.2 Å². The van der Waals surface area contributed by atoms with Crippen LogP contribution in [0.5, 0.6) is 23.0 Å². The summed E-state index contributed by atoms with van der Waals surface area (Å²) in [7, 11) is 3.11. The lowest BCUT2D eigenvalue weighted by atomic mass is 10.1. The molecule has 0 amide bonds. The largest absolute Gasteiger partial charge is 0.493 e. The molecule has 0 spiro atoms. The zero-order valence-corrected chi connectivity index (χ0v) is 11.7. The first-order valence-corrected chi connectivity index (χ1v) is 6.14. The Morgan fingerprint density at radius 1 is 0.950 bits per heavy atom. The predicted molar refractivity (Wildman–Crippen MR) is 76.2 cm³/mol. The molecule has 0 aliphatic carbocycles. The molecule has 20 heavy (non-hydrogen) atoms. The van der Waals surface area contributed by atoms with E-state index in [9.17, 15) is 4.79 Å². The summed E-state index contributed by atoms with van der Waals surface area (Å²) in [5.74, 6) is 2.00. The molecule has 0 N–H and O–H groups in total. The van der Waals surface area contributed by atoms with E-state index in [0.29, 0.717) is 28.6 Å². The SMILES string of the molecule is COc1cccc(OC)c1Oc1ccc(C)cc1C=O. The minimum Gasteiger partial charge on any atom is -0.493 e. The van der Waals surface area contributed by atoms with E-state index in [1.165, 1.54) is 0 Å². The first kappa shape index (κ1) is 13.9. The fourth-order valence-electron chi connectivity index (χ4n) is 1.88. The number of aryl methyl sites for hydroxylation is 1. The van der Waals surface area contributed by atoms with Gasteiger partial charge < -0.3 is 14.2 Å². The Bertz CT molecular complexity index is 598. The van der Waals surface area contributed by atoms with Crippen molar-refractivity contribution in [3.63, 3.8) is 0 Å². The molecule has 0 saturated heterocycles. The lowest BCUT2D eigenvalue weighted by Crippen LogP contribution is -1.96. The summed E-state index contributed by atoms with van der Waals surface area (Å²) in [6, 6.07) is 10.7. The van der Waals surface area contributed by atoms with Gasteiger partial charge >= 0.3 is 0 Å². The molecular weight excluding hydrogens is 256 g/mol. The Morgan fingerprint density at radius 3 is 2.15 bits per heavy atom. The minimum absolute atomic E-state index is 0.449. The summed E-state index contributed by atoms with van der Waals surface area (Å²) in [5.41, 5.74) is 1.48. The van der Waals surface area contributed by atoms with Crippen molar-refractivity contribution in [2.75, 3.05) is 14.2 Å². The van der Waals surface area contributed by atoms with Crippen LogP contribution in [0.4, 0.5) is 0 Å². The molecule has 104 valence electrons. The van der Waals surface area contributed by atoms with Gasteiger partial charge in [0.1, 0.15) is 5.75 Å². The Kier molecular flexibility index (Phi) is 4.25. The molecule has 0 bridgehead atoms. The van der Waals surface area contributed by atoms with E-state index in [0.717, 1.165) is 11.8 Å². The Labute approximate surface area is 117 Å². The summed E-state index contributed by atoms with van der Waals surface area (Å²) in [5, 5.41) is 0. The van der Waals surface area contributed by atoms with E-state index in [-0.39, 0.29) is 0 Å². The van der Waals surface area contributed by atoms with Crippen LogP contribution in [-0.4, -0.2) is 20.5 Å². The Balaban J connectivity index is 2.46. The third kappa shape index (κ3) is 2.74. The number of rotatable bonds is 5. The van der Waals surface area contributed by atoms with Gasteiger partial charge in [-0.25, -0.2) is 0 Å². The zero-order valence-electron chi connectivity index (χ0n) is 11.7. The summed E-state index contributed by atoms with van der Waals surface area (Å²) in [4.78, 5) is 11.1. The molecule has 0 unspecified atom stereocenters. The first-order chi connectivity index (χ1) is 9.69. The fraction of sp³-hybridized carbons (Fsp3) is 0.188. The molecule has 0 saturated carbocycles. The van der Waals surface area contributed by atoms with Crippen LogP contribution in [-0.2, 0) is 0 Å². The monoisotopic (exact) mass is 272 g/mol. The van der Waals surface area contributed by atoms with Gasteiger partial charge in [0.2, 0.25) is 5.75 Å². The van der Waals surface area contributed by atoms with Crippen molar-refractivity contribution >= 4 is 6.29 Å². The second kappa shape index (κ2) is 6.10. The number of carbonyl (C=O) groups excluding carboxylic acids is 1.